The second kappa shape index (κ2) is 7.47. The Morgan fingerprint density at radius 2 is 1.89 bits per heavy atom. The van der Waals surface area contributed by atoms with Crippen LogP contribution in [0.1, 0.15) is 0 Å². The zero-order chi connectivity index (χ0) is 18.6. The van der Waals surface area contributed by atoms with E-state index in [0.717, 1.165) is 11.2 Å². The van der Waals surface area contributed by atoms with Crippen molar-refractivity contribution < 1.29 is 9.53 Å². The van der Waals surface area contributed by atoms with Gasteiger partial charge in [0.05, 0.1) is 0 Å². The molecule has 2 aromatic heterocycles. The number of ether oxygens (including phenoxy) is 1. The number of pyridine rings is 1. The van der Waals surface area contributed by atoms with Crippen LogP contribution in [0.2, 0.25) is 5.02 Å². The Labute approximate surface area is 160 Å². The molecule has 0 saturated carbocycles. The lowest BCUT2D eigenvalue weighted by atomic mass is 10.2. The summed E-state index contributed by atoms with van der Waals surface area (Å²) in [4.78, 5) is 12.2. The molecule has 0 aliphatic rings. The van der Waals surface area contributed by atoms with Crippen LogP contribution in [0.25, 0.3) is 17.0 Å². The SMILES string of the molecule is O=C(COc1ccc(Cl)cc1)Nc1cccc(-c2nnc3ccccn23)c1. The van der Waals surface area contributed by atoms with E-state index in [9.17, 15) is 4.79 Å². The Balaban J connectivity index is 1.46. The molecule has 2 aromatic carbocycles. The second-order valence-corrected chi connectivity index (χ2v) is 6.26. The maximum absolute atomic E-state index is 12.2. The van der Waals surface area contributed by atoms with Crippen molar-refractivity contribution in [3.8, 4) is 17.1 Å². The Hall–Kier alpha value is -3.38. The van der Waals surface area contributed by atoms with Crippen molar-refractivity contribution >= 4 is 28.8 Å². The first-order chi connectivity index (χ1) is 13.2. The van der Waals surface area contributed by atoms with E-state index in [0.29, 0.717) is 22.3 Å². The van der Waals surface area contributed by atoms with Crippen LogP contribution in [0.3, 0.4) is 0 Å². The Kier molecular flexibility index (Phi) is 4.72. The molecule has 0 saturated heterocycles. The molecular formula is C20H15ClN4O2. The number of hydrogen-bond acceptors (Lipinski definition) is 4. The molecule has 0 fully saturated rings. The fourth-order valence-corrected chi connectivity index (χ4v) is 2.78. The normalized spacial score (nSPS) is 10.7. The molecule has 1 N–H and O–H groups in total. The molecule has 6 nitrogen and oxygen atoms in total. The van der Waals surface area contributed by atoms with Crippen LogP contribution in [0.5, 0.6) is 5.75 Å². The zero-order valence-corrected chi connectivity index (χ0v) is 14.9. The van der Waals surface area contributed by atoms with Crippen molar-refractivity contribution in [3.05, 3.63) is 77.9 Å². The van der Waals surface area contributed by atoms with Crippen molar-refractivity contribution in [3.63, 3.8) is 0 Å². The smallest absolute Gasteiger partial charge is 0.262 e. The van der Waals surface area contributed by atoms with E-state index in [1.165, 1.54) is 0 Å². The molecule has 4 rings (SSSR count). The number of carbonyl (C=O) groups is 1. The maximum Gasteiger partial charge on any atom is 0.262 e. The van der Waals surface area contributed by atoms with Gasteiger partial charge in [-0.15, -0.1) is 10.2 Å². The van der Waals surface area contributed by atoms with Crippen LogP contribution in [-0.2, 0) is 4.79 Å². The summed E-state index contributed by atoms with van der Waals surface area (Å²) in [6.45, 7) is -0.0975. The first-order valence-corrected chi connectivity index (χ1v) is 8.65. The van der Waals surface area contributed by atoms with Gasteiger partial charge in [-0.25, -0.2) is 0 Å². The lowest BCUT2D eigenvalue weighted by molar-refractivity contribution is -0.118. The van der Waals surface area contributed by atoms with E-state index in [4.69, 9.17) is 16.3 Å². The van der Waals surface area contributed by atoms with Crippen molar-refractivity contribution in [2.24, 2.45) is 0 Å². The van der Waals surface area contributed by atoms with Gasteiger partial charge >= 0.3 is 0 Å². The molecule has 27 heavy (non-hydrogen) atoms. The van der Waals surface area contributed by atoms with E-state index < -0.39 is 0 Å². The molecule has 0 aliphatic heterocycles. The number of halogens is 1. The van der Waals surface area contributed by atoms with Crippen LogP contribution < -0.4 is 10.1 Å². The largest absolute Gasteiger partial charge is 0.484 e. The van der Waals surface area contributed by atoms with E-state index in [2.05, 4.69) is 15.5 Å². The van der Waals surface area contributed by atoms with Gasteiger partial charge in [-0.05, 0) is 48.5 Å². The lowest BCUT2D eigenvalue weighted by Gasteiger charge is -2.08. The summed E-state index contributed by atoms with van der Waals surface area (Å²) in [6, 6.07) is 20.0. The maximum atomic E-state index is 12.2. The zero-order valence-electron chi connectivity index (χ0n) is 14.2. The molecule has 2 heterocycles. The third kappa shape index (κ3) is 3.91. The van der Waals surface area contributed by atoms with Crippen molar-refractivity contribution in [1.29, 1.82) is 0 Å². The number of aromatic nitrogens is 3. The first kappa shape index (κ1) is 17.1. The highest BCUT2D eigenvalue weighted by Crippen LogP contribution is 2.22. The van der Waals surface area contributed by atoms with E-state index in [1.807, 2.05) is 53.1 Å². The molecule has 0 radical (unpaired) electrons. The van der Waals surface area contributed by atoms with Gasteiger partial charge < -0.3 is 10.1 Å². The number of fused-ring (bicyclic) bond motifs is 1. The summed E-state index contributed by atoms with van der Waals surface area (Å²) < 4.78 is 7.35. The molecule has 0 aliphatic carbocycles. The average Bonchev–Trinajstić information content (AvgIpc) is 3.12. The van der Waals surface area contributed by atoms with Gasteiger partial charge in [0.2, 0.25) is 0 Å². The van der Waals surface area contributed by atoms with Crippen LogP contribution in [-0.4, -0.2) is 27.1 Å². The Morgan fingerprint density at radius 1 is 1.04 bits per heavy atom. The predicted molar refractivity (Wildman–Crippen MR) is 104 cm³/mol. The number of rotatable bonds is 5. The lowest BCUT2D eigenvalue weighted by Crippen LogP contribution is -2.20. The third-order valence-corrected chi connectivity index (χ3v) is 4.15. The monoisotopic (exact) mass is 378 g/mol. The van der Waals surface area contributed by atoms with Gasteiger partial charge in [0.15, 0.2) is 18.1 Å². The van der Waals surface area contributed by atoms with Gasteiger partial charge in [-0.3, -0.25) is 9.20 Å². The van der Waals surface area contributed by atoms with E-state index in [1.54, 1.807) is 24.3 Å². The fraction of sp³-hybridized carbons (Fsp3) is 0.0500. The highest BCUT2D eigenvalue weighted by atomic mass is 35.5. The van der Waals surface area contributed by atoms with Gasteiger partial charge in [0.25, 0.3) is 5.91 Å². The number of hydrogen-bond donors (Lipinski definition) is 1. The molecular weight excluding hydrogens is 364 g/mol. The number of anilines is 1. The van der Waals surface area contributed by atoms with Gasteiger partial charge in [-0.1, -0.05) is 29.8 Å². The standard InChI is InChI=1S/C20H15ClN4O2/c21-15-7-9-17(10-8-15)27-13-19(26)22-16-5-3-4-14(12-16)20-24-23-18-6-1-2-11-25(18)20/h1-12H,13H2,(H,22,26). The van der Waals surface area contributed by atoms with Gasteiger partial charge in [0.1, 0.15) is 5.75 Å². The Bertz CT molecular complexity index is 1090. The van der Waals surface area contributed by atoms with Crippen molar-refractivity contribution in [2.45, 2.75) is 0 Å². The molecule has 0 unspecified atom stereocenters. The van der Waals surface area contributed by atoms with Crippen molar-refractivity contribution in [2.75, 3.05) is 11.9 Å². The van der Waals surface area contributed by atoms with Crippen LogP contribution >= 0.6 is 11.6 Å². The minimum absolute atomic E-state index is 0.0975. The quantitative estimate of drug-likeness (QED) is 0.568. The van der Waals surface area contributed by atoms with E-state index >= 15 is 0 Å². The molecule has 0 bridgehead atoms. The molecule has 134 valence electrons. The number of nitrogens with zero attached hydrogens (tertiary/aromatic N) is 3. The van der Waals surface area contributed by atoms with Gasteiger partial charge in [0, 0.05) is 22.5 Å². The summed E-state index contributed by atoms with van der Waals surface area (Å²) in [5.74, 6) is 1.03. The van der Waals surface area contributed by atoms with E-state index in [-0.39, 0.29) is 12.5 Å². The van der Waals surface area contributed by atoms with Crippen LogP contribution in [0.4, 0.5) is 5.69 Å². The highest BCUT2D eigenvalue weighted by Gasteiger charge is 2.09. The predicted octanol–water partition coefficient (Wildman–Crippen LogP) is 4.07. The second-order valence-electron chi connectivity index (χ2n) is 5.82. The molecule has 0 atom stereocenters. The highest BCUT2D eigenvalue weighted by molar-refractivity contribution is 6.30. The number of amides is 1. The summed E-state index contributed by atoms with van der Waals surface area (Å²) in [7, 11) is 0. The molecule has 7 heteroatoms. The molecule has 0 spiro atoms. The van der Waals surface area contributed by atoms with Crippen molar-refractivity contribution in [1.82, 2.24) is 14.6 Å². The van der Waals surface area contributed by atoms with Gasteiger partial charge in [-0.2, -0.15) is 0 Å². The fourth-order valence-electron chi connectivity index (χ4n) is 2.65. The summed E-state index contributed by atoms with van der Waals surface area (Å²) in [5.41, 5.74) is 2.27. The minimum Gasteiger partial charge on any atom is -0.484 e. The summed E-state index contributed by atoms with van der Waals surface area (Å²) in [6.07, 6.45) is 1.90. The molecule has 1 amide bonds. The number of nitrogens with one attached hydrogen (secondary N) is 1. The first-order valence-electron chi connectivity index (χ1n) is 8.27. The molecule has 4 aromatic rings. The summed E-state index contributed by atoms with van der Waals surface area (Å²) in [5, 5.41) is 11.8. The number of benzene rings is 2. The minimum atomic E-state index is -0.256. The third-order valence-electron chi connectivity index (χ3n) is 3.90. The Morgan fingerprint density at radius 3 is 2.74 bits per heavy atom. The topological polar surface area (TPSA) is 68.5 Å². The average molecular weight is 379 g/mol. The number of carbonyl (C=O) groups excluding carboxylic acids is 1. The van der Waals surface area contributed by atoms with Crippen LogP contribution in [0.15, 0.2) is 72.9 Å². The van der Waals surface area contributed by atoms with Crippen LogP contribution in [0, 0.1) is 0 Å². The summed E-state index contributed by atoms with van der Waals surface area (Å²) >= 11 is 5.83.